The Bertz CT molecular complexity index is 654. The van der Waals surface area contributed by atoms with Crippen molar-refractivity contribution in [1.29, 1.82) is 0 Å². The largest absolute Gasteiger partial charge is 0.480 e. The predicted octanol–water partition coefficient (Wildman–Crippen LogP) is -0.307. The highest BCUT2D eigenvalue weighted by Gasteiger charge is 2.30. The van der Waals surface area contributed by atoms with Gasteiger partial charge in [-0.3, -0.25) is 38.8 Å². The molecule has 0 aliphatic carbocycles. The third kappa shape index (κ3) is 8.65. The maximum Gasteiger partial charge on any atom is 0.322 e. The number of aliphatic carboxylic acids is 2. The van der Waals surface area contributed by atoms with Gasteiger partial charge in [-0.05, 0) is 34.6 Å². The first kappa shape index (κ1) is 29.0. The van der Waals surface area contributed by atoms with Crippen LogP contribution in [0.5, 0.6) is 0 Å². The average Bonchev–Trinajstić information content (AvgIpc) is 2.76. The van der Waals surface area contributed by atoms with Gasteiger partial charge in [0.25, 0.3) is 0 Å². The van der Waals surface area contributed by atoms with E-state index in [2.05, 4.69) is 0 Å². The van der Waals surface area contributed by atoms with E-state index in [9.17, 15) is 29.4 Å². The fraction of sp³-hybridized carbons (Fsp3) is 0.818. The first-order valence-corrected chi connectivity index (χ1v) is 11.4. The minimum atomic E-state index is -0.964. The number of carbonyl (C=O) groups excluding carboxylic acids is 2. The standard InChI is InChI=1S/C22H40N4O7/c1-15(19(5)27)23-7-9-24(16(2)20(28)29)10-11-25(17(3)21(30)31)12-14-26(13-8-23)18(4)22(32)33-6/h15-18H,7-14H2,1-6H3,(H,28,29)(H,30,31). The average molecular weight is 473 g/mol. The number of carboxylic acids is 2. The molecule has 0 saturated carbocycles. The van der Waals surface area contributed by atoms with Crippen LogP contribution < -0.4 is 0 Å². The lowest BCUT2D eigenvalue weighted by Gasteiger charge is -2.38. The summed E-state index contributed by atoms with van der Waals surface area (Å²) in [4.78, 5) is 55.2. The van der Waals surface area contributed by atoms with Gasteiger partial charge in [-0.15, -0.1) is 0 Å². The molecule has 0 aromatic carbocycles. The van der Waals surface area contributed by atoms with Gasteiger partial charge >= 0.3 is 17.9 Å². The quantitative estimate of drug-likeness (QED) is 0.451. The van der Waals surface area contributed by atoms with Crippen molar-refractivity contribution in [2.45, 2.75) is 58.8 Å². The number of carbonyl (C=O) groups is 4. The molecular formula is C22H40N4O7. The molecule has 11 heteroatoms. The molecule has 0 aromatic heterocycles. The summed E-state index contributed by atoms with van der Waals surface area (Å²) in [6.45, 7) is 11.7. The van der Waals surface area contributed by atoms with E-state index >= 15 is 0 Å². The summed E-state index contributed by atoms with van der Waals surface area (Å²) >= 11 is 0. The second-order valence-electron chi connectivity index (χ2n) is 8.66. The Hall–Kier alpha value is -2.08. The maximum absolute atomic E-state index is 12.2. The van der Waals surface area contributed by atoms with E-state index in [0.717, 1.165) is 0 Å². The molecular weight excluding hydrogens is 432 g/mol. The van der Waals surface area contributed by atoms with Crippen LogP contribution in [0.15, 0.2) is 0 Å². The van der Waals surface area contributed by atoms with Gasteiger partial charge < -0.3 is 14.9 Å². The third-order valence-corrected chi connectivity index (χ3v) is 6.73. The number of Topliss-reactive ketones (excluding diaryl/α,β-unsaturated/α-hetero) is 1. The molecule has 0 aromatic rings. The van der Waals surface area contributed by atoms with Crippen LogP contribution in [0.1, 0.15) is 34.6 Å². The SMILES string of the molecule is COC(=O)C(C)N1CCN(C(C)C(C)=O)CCN(C(C)C(=O)O)CCN(C(C)C(=O)O)CC1. The van der Waals surface area contributed by atoms with Crippen LogP contribution in [0.4, 0.5) is 0 Å². The van der Waals surface area contributed by atoms with Crippen molar-refractivity contribution in [1.82, 2.24) is 19.6 Å². The van der Waals surface area contributed by atoms with E-state index in [0.29, 0.717) is 52.4 Å². The summed E-state index contributed by atoms with van der Waals surface area (Å²) < 4.78 is 4.91. The Labute approximate surface area is 196 Å². The van der Waals surface area contributed by atoms with Gasteiger partial charge in [0.1, 0.15) is 23.9 Å². The number of carboxylic acid groups (broad SMARTS) is 2. The second-order valence-corrected chi connectivity index (χ2v) is 8.66. The zero-order valence-corrected chi connectivity index (χ0v) is 20.7. The second kappa shape index (κ2) is 13.6. The van der Waals surface area contributed by atoms with Crippen molar-refractivity contribution >= 4 is 23.7 Å². The van der Waals surface area contributed by atoms with Crippen LogP contribution in [0, 0.1) is 0 Å². The van der Waals surface area contributed by atoms with E-state index in [1.165, 1.54) is 14.0 Å². The Balaban J connectivity index is 3.23. The number of nitrogens with zero attached hydrogens (tertiary/aromatic N) is 4. The van der Waals surface area contributed by atoms with Gasteiger partial charge in [0.15, 0.2) is 0 Å². The first-order chi connectivity index (χ1) is 15.4. The molecule has 0 radical (unpaired) electrons. The Morgan fingerprint density at radius 2 is 0.879 bits per heavy atom. The minimum absolute atomic E-state index is 0.00829. The van der Waals surface area contributed by atoms with E-state index in [1.54, 1.807) is 30.6 Å². The zero-order chi connectivity index (χ0) is 25.3. The summed E-state index contributed by atoms with van der Waals surface area (Å²) in [6, 6.07) is -2.40. The molecule has 4 unspecified atom stereocenters. The molecule has 0 spiro atoms. The van der Waals surface area contributed by atoms with Gasteiger partial charge in [0, 0.05) is 52.4 Å². The number of esters is 1. The lowest BCUT2D eigenvalue weighted by Crippen LogP contribution is -2.55. The molecule has 1 aliphatic heterocycles. The molecule has 190 valence electrons. The zero-order valence-electron chi connectivity index (χ0n) is 20.7. The van der Waals surface area contributed by atoms with Crippen molar-refractivity contribution in [3.8, 4) is 0 Å². The number of hydrogen-bond donors (Lipinski definition) is 2. The monoisotopic (exact) mass is 472 g/mol. The van der Waals surface area contributed by atoms with Crippen molar-refractivity contribution < 1.29 is 34.1 Å². The molecule has 0 amide bonds. The summed E-state index contributed by atoms with van der Waals surface area (Å²) in [5.74, 6) is -2.29. The number of rotatable bonds is 8. The van der Waals surface area contributed by atoms with Gasteiger partial charge in [0.2, 0.25) is 0 Å². The van der Waals surface area contributed by atoms with Crippen molar-refractivity contribution in [2.75, 3.05) is 59.5 Å². The molecule has 1 rings (SSSR count). The van der Waals surface area contributed by atoms with E-state index < -0.39 is 30.1 Å². The van der Waals surface area contributed by atoms with Crippen molar-refractivity contribution in [3.63, 3.8) is 0 Å². The molecule has 1 fully saturated rings. The van der Waals surface area contributed by atoms with Crippen LogP contribution in [0.2, 0.25) is 0 Å². The van der Waals surface area contributed by atoms with Crippen LogP contribution in [-0.4, -0.2) is 137 Å². The normalized spacial score (nSPS) is 22.2. The van der Waals surface area contributed by atoms with Crippen molar-refractivity contribution in [3.05, 3.63) is 0 Å². The summed E-state index contributed by atoms with van der Waals surface area (Å²) in [5.41, 5.74) is 0. The smallest absolute Gasteiger partial charge is 0.322 e. The van der Waals surface area contributed by atoms with E-state index in [1.807, 2.05) is 16.7 Å². The maximum atomic E-state index is 12.2. The molecule has 1 aliphatic rings. The molecule has 33 heavy (non-hydrogen) atoms. The van der Waals surface area contributed by atoms with Gasteiger partial charge in [0.05, 0.1) is 13.2 Å². The Morgan fingerprint density at radius 3 is 1.12 bits per heavy atom. The number of hydrogen-bond acceptors (Lipinski definition) is 9. The highest BCUT2D eigenvalue weighted by atomic mass is 16.5. The fourth-order valence-electron chi connectivity index (χ4n) is 3.91. The number of methoxy groups -OCH3 is 1. The van der Waals surface area contributed by atoms with Crippen LogP contribution in [0.3, 0.4) is 0 Å². The summed E-state index contributed by atoms with van der Waals surface area (Å²) in [7, 11) is 1.33. The highest BCUT2D eigenvalue weighted by Crippen LogP contribution is 2.11. The lowest BCUT2D eigenvalue weighted by molar-refractivity contribution is -0.147. The summed E-state index contributed by atoms with van der Waals surface area (Å²) in [5, 5.41) is 19.1. The van der Waals surface area contributed by atoms with Crippen molar-refractivity contribution in [2.24, 2.45) is 0 Å². The summed E-state index contributed by atoms with van der Waals surface area (Å²) in [6.07, 6.45) is 0. The fourth-order valence-corrected chi connectivity index (χ4v) is 3.91. The van der Waals surface area contributed by atoms with Gasteiger partial charge in [-0.2, -0.15) is 0 Å². The van der Waals surface area contributed by atoms with Crippen LogP contribution >= 0.6 is 0 Å². The molecule has 0 bridgehead atoms. The van der Waals surface area contributed by atoms with Crippen LogP contribution in [-0.2, 0) is 23.9 Å². The number of ether oxygens (including phenoxy) is 1. The molecule has 1 saturated heterocycles. The Kier molecular flexibility index (Phi) is 11.9. The molecule has 2 N–H and O–H groups in total. The third-order valence-electron chi connectivity index (χ3n) is 6.73. The van der Waals surface area contributed by atoms with Gasteiger partial charge in [-0.1, -0.05) is 0 Å². The van der Waals surface area contributed by atoms with E-state index in [-0.39, 0.29) is 17.8 Å². The number of ketones is 1. The minimum Gasteiger partial charge on any atom is -0.480 e. The first-order valence-electron chi connectivity index (χ1n) is 11.4. The highest BCUT2D eigenvalue weighted by molar-refractivity contribution is 5.81. The molecule has 11 nitrogen and oxygen atoms in total. The topological polar surface area (TPSA) is 131 Å². The molecule has 4 atom stereocenters. The van der Waals surface area contributed by atoms with Crippen LogP contribution in [0.25, 0.3) is 0 Å². The predicted molar refractivity (Wildman–Crippen MR) is 122 cm³/mol. The van der Waals surface area contributed by atoms with Gasteiger partial charge in [-0.25, -0.2) is 0 Å². The lowest BCUT2D eigenvalue weighted by atomic mass is 10.1. The van der Waals surface area contributed by atoms with E-state index in [4.69, 9.17) is 4.74 Å². The Morgan fingerprint density at radius 1 is 0.606 bits per heavy atom. The molecule has 1 heterocycles.